The summed E-state index contributed by atoms with van der Waals surface area (Å²) in [7, 11) is 1.35. The lowest BCUT2D eigenvalue weighted by atomic mass is 10.3. The first-order chi connectivity index (χ1) is 6.88. The normalized spacial score (nSPS) is 10.1. The molecule has 0 radical (unpaired) electrons. The van der Waals surface area contributed by atoms with Crippen molar-refractivity contribution >= 4 is 17.7 Å². The molecule has 0 amide bonds. The number of carbonyl (C=O) groups is 2. The second-order valence-electron chi connectivity index (χ2n) is 3.48. The molecule has 0 fully saturated rings. The van der Waals surface area contributed by atoms with Crippen LogP contribution in [0, 0.1) is 0 Å². The average molecular weight is 215 g/mol. The Morgan fingerprint density at radius 1 is 0.933 bits per heavy atom. The molecule has 0 N–H and O–H groups in total. The number of aliphatic imine (C=N–C) groups is 1. The van der Waals surface area contributed by atoms with Gasteiger partial charge in [0.1, 0.15) is 0 Å². The molecule has 5 heteroatoms. The van der Waals surface area contributed by atoms with Crippen LogP contribution in [0.1, 0.15) is 27.7 Å². The fraction of sp³-hybridized carbons (Fsp3) is 0.700. The Morgan fingerprint density at radius 2 is 1.27 bits per heavy atom. The van der Waals surface area contributed by atoms with Crippen molar-refractivity contribution in [3.8, 4) is 0 Å². The van der Waals surface area contributed by atoms with Gasteiger partial charge in [-0.1, -0.05) is 0 Å². The van der Waals surface area contributed by atoms with Gasteiger partial charge in [0.05, 0.1) is 12.2 Å². The standard InChI is InChI=1S/C10H17NO4/c1-6(2)14-9(12)8(11-5)10(13)15-7(3)4/h6-7H,1-5H3. The van der Waals surface area contributed by atoms with Crippen LogP contribution in [-0.2, 0) is 19.1 Å². The lowest BCUT2D eigenvalue weighted by Gasteiger charge is -2.11. The van der Waals surface area contributed by atoms with Crippen LogP contribution in [0.3, 0.4) is 0 Å². The van der Waals surface area contributed by atoms with Gasteiger partial charge in [-0.15, -0.1) is 0 Å². The van der Waals surface area contributed by atoms with Crippen molar-refractivity contribution < 1.29 is 19.1 Å². The minimum Gasteiger partial charge on any atom is -0.458 e. The third-order valence-corrected chi connectivity index (χ3v) is 1.30. The lowest BCUT2D eigenvalue weighted by molar-refractivity contribution is -0.144. The largest absolute Gasteiger partial charge is 0.458 e. The highest BCUT2D eigenvalue weighted by Crippen LogP contribution is 1.97. The van der Waals surface area contributed by atoms with Crippen LogP contribution >= 0.6 is 0 Å². The van der Waals surface area contributed by atoms with E-state index in [1.807, 2.05) is 0 Å². The number of hydrogen-bond acceptors (Lipinski definition) is 5. The van der Waals surface area contributed by atoms with E-state index in [0.717, 1.165) is 0 Å². The predicted octanol–water partition coefficient (Wildman–Crippen LogP) is 0.960. The van der Waals surface area contributed by atoms with Gasteiger partial charge in [-0.3, -0.25) is 4.99 Å². The number of rotatable bonds is 4. The molecule has 0 aliphatic rings. The molecule has 15 heavy (non-hydrogen) atoms. The van der Waals surface area contributed by atoms with Crippen molar-refractivity contribution in [1.82, 2.24) is 0 Å². The van der Waals surface area contributed by atoms with Gasteiger partial charge in [0.2, 0.25) is 5.71 Å². The van der Waals surface area contributed by atoms with E-state index in [2.05, 4.69) is 4.99 Å². The first-order valence-electron chi connectivity index (χ1n) is 4.77. The molecular weight excluding hydrogens is 198 g/mol. The monoisotopic (exact) mass is 215 g/mol. The molecule has 0 rings (SSSR count). The van der Waals surface area contributed by atoms with Crippen molar-refractivity contribution in [2.45, 2.75) is 39.9 Å². The number of nitrogens with zero attached hydrogens (tertiary/aromatic N) is 1. The summed E-state index contributed by atoms with van der Waals surface area (Å²) in [6.07, 6.45) is -0.581. The second-order valence-corrected chi connectivity index (χ2v) is 3.48. The van der Waals surface area contributed by atoms with Gasteiger partial charge in [-0.2, -0.15) is 0 Å². The zero-order valence-corrected chi connectivity index (χ0v) is 9.73. The van der Waals surface area contributed by atoms with Crippen LogP contribution in [0.5, 0.6) is 0 Å². The number of carbonyl (C=O) groups excluding carboxylic acids is 2. The summed E-state index contributed by atoms with van der Waals surface area (Å²) < 4.78 is 9.67. The van der Waals surface area contributed by atoms with Crippen molar-refractivity contribution in [3.63, 3.8) is 0 Å². The van der Waals surface area contributed by atoms with Gasteiger partial charge in [0.25, 0.3) is 0 Å². The van der Waals surface area contributed by atoms with Crippen LogP contribution in [0.4, 0.5) is 0 Å². The Morgan fingerprint density at radius 3 is 1.47 bits per heavy atom. The van der Waals surface area contributed by atoms with Crippen LogP contribution in [0.15, 0.2) is 4.99 Å². The van der Waals surface area contributed by atoms with Crippen LogP contribution < -0.4 is 0 Å². The van der Waals surface area contributed by atoms with Crippen LogP contribution in [-0.4, -0.2) is 36.9 Å². The highest BCUT2D eigenvalue weighted by Gasteiger charge is 2.24. The summed E-state index contributed by atoms with van der Waals surface area (Å²) in [6, 6.07) is 0. The summed E-state index contributed by atoms with van der Waals surface area (Å²) in [5, 5.41) is 0. The van der Waals surface area contributed by atoms with Gasteiger partial charge < -0.3 is 9.47 Å². The van der Waals surface area contributed by atoms with Gasteiger partial charge in [-0.25, -0.2) is 9.59 Å². The average Bonchev–Trinajstić information content (AvgIpc) is 2.01. The van der Waals surface area contributed by atoms with Crippen molar-refractivity contribution in [2.24, 2.45) is 4.99 Å². The van der Waals surface area contributed by atoms with E-state index in [1.54, 1.807) is 27.7 Å². The topological polar surface area (TPSA) is 65.0 Å². The lowest BCUT2D eigenvalue weighted by Crippen LogP contribution is -2.31. The third kappa shape index (κ3) is 5.15. The van der Waals surface area contributed by atoms with Gasteiger partial charge in [0.15, 0.2) is 0 Å². The molecule has 0 spiro atoms. The highest BCUT2D eigenvalue weighted by molar-refractivity contribution is 6.62. The molecule has 86 valence electrons. The Kier molecular flexibility index (Phi) is 5.59. The Hall–Kier alpha value is -1.39. The summed E-state index contributed by atoms with van der Waals surface area (Å²) in [4.78, 5) is 26.3. The molecule has 0 aliphatic carbocycles. The van der Waals surface area contributed by atoms with Gasteiger partial charge in [0, 0.05) is 7.05 Å². The fourth-order valence-corrected chi connectivity index (χ4v) is 0.806. The van der Waals surface area contributed by atoms with Gasteiger partial charge in [-0.05, 0) is 27.7 Å². The number of hydrogen-bond donors (Lipinski definition) is 0. The number of esters is 2. The van der Waals surface area contributed by atoms with E-state index in [-0.39, 0.29) is 17.9 Å². The molecule has 0 atom stereocenters. The van der Waals surface area contributed by atoms with E-state index in [4.69, 9.17) is 9.47 Å². The van der Waals surface area contributed by atoms with E-state index >= 15 is 0 Å². The van der Waals surface area contributed by atoms with Crippen molar-refractivity contribution in [3.05, 3.63) is 0 Å². The minimum atomic E-state index is -0.752. The molecule has 0 saturated carbocycles. The van der Waals surface area contributed by atoms with Crippen molar-refractivity contribution in [2.75, 3.05) is 7.05 Å². The summed E-state index contributed by atoms with van der Waals surface area (Å²) in [5.41, 5.74) is -0.308. The molecule has 0 bridgehead atoms. The van der Waals surface area contributed by atoms with Gasteiger partial charge >= 0.3 is 11.9 Å². The van der Waals surface area contributed by atoms with Crippen molar-refractivity contribution in [1.29, 1.82) is 0 Å². The molecule has 0 aromatic rings. The third-order valence-electron chi connectivity index (χ3n) is 1.30. The molecular formula is C10H17NO4. The fourth-order valence-electron chi connectivity index (χ4n) is 0.806. The van der Waals surface area contributed by atoms with E-state index < -0.39 is 11.9 Å². The zero-order chi connectivity index (χ0) is 12.0. The molecule has 0 aromatic carbocycles. The summed E-state index contributed by atoms with van der Waals surface area (Å²) in [6.45, 7) is 6.77. The Balaban J connectivity index is 4.50. The molecule has 0 saturated heterocycles. The van der Waals surface area contributed by atoms with E-state index in [9.17, 15) is 9.59 Å². The van der Waals surface area contributed by atoms with E-state index in [0.29, 0.717) is 0 Å². The maximum Gasteiger partial charge on any atom is 0.364 e. The van der Waals surface area contributed by atoms with Crippen LogP contribution in [0.25, 0.3) is 0 Å². The summed E-state index contributed by atoms with van der Waals surface area (Å²) >= 11 is 0. The quantitative estimate of drug-likeness (QED) is 0.398. The summed E-state index contributed by atoms with van der Waals surface area (Å²) in [5.74, 6) is -1.50. The van der Waals surface area contributed by atoms with E-state index in [1.165, 1.54) is 7.05 Å². The molecule has 5 nitrogen and oxygen atoms in total. The molecule has 0 aliphatic heterocycles. The Bertz CT molecular complexity index is 245. The zero-order valence-electron chi connectivity index (χ0n) is 9.73. The first kappa shape index (κ1) is 13.6. The molecule has 0 heterocycles. The minimum absolute atomic E-state index is 0.291. The number of ether oxygens (including phenoxy) is 2. The van der Waals surface area contributed by atoms with Crippen LogP contribution in [0.2, 0.25) is 0 Å². The maximum atomic E-state index is 11.4. The highest BCUT2D eigenvalue weighted by atomic mass is 16.6. The SMILES string of the molecule is CN=C(C(=O)OC(C)C)C(=O)OC(C)C. The first-order valence-corrected chi connectivity index (χ1v) is 4.77. The smallest absolute Gasteiger partial charge is 0.364 e. The predicted molar refractivity (Wildman–Crippen MR) is 55.8 cm³/mol. The maximum absolute atomic E-state index is 11.4. The Labute approximate surface area is 89.5 Å². The molecule has 0 unspecified atom stereocenters. The molecule has 0 aromatic heterocycles. The second kappa shape index (κ2) is 6.16.